The molecule has 1 N–H and O–H groups in total. The van der Waals surface area contributed by atoms with Gasteiger partial charge in [0, 0.05) is 56.5 Å². The number of hydrogen-bond acceptors (Lipinski definition) is 3. The molecule has 0 atom stereocenters. The molecule has 150 valence electrons. The first-order chi connectivity index (χ1) is 13.7. The van der Waals surface area contributed by atoms with E-state index in [9.17, 15) is 4.79 Å². The van der Waals surface area contributed by atoms with Crippen molar-refractivity contribution in [3.8, 4) is 0 Å². The van der Waals surface area contributed by atoms with Gasteiger partial charge in [0.2, 0.25) is 0 Å². The van der Waals surface area contributed by atoms with E-state index < -0.39 is 0 Å². The van der Waals surface area contributed by atoms with Crippen LogP contribution in [-0.2, 0) is 6.54 Å². The van der Waals surface area contributed by atoms with Crippen LogP contribution in [0.4, 0.5) is 16.2 Å². The summed E-state index contributed by atoms with van der Waals surface area (Å²) >= 11 is 0. The van der Waals surface area contributed by atoms with E-state index in [0.29, 0.717) is 5.92 Å². The summed E-state index contributed by atoms with van der Waals surface area (Å²) in [6.45, 7) is 6.98. The second kappa shape index (κ2) is 8.67. The molecule has 2 fully saturated rings. The van der Waals surface area contributed by atoms with Crippen molar-refractivity contribution in [2.75, 3.05) is 36.4 Å². The van der Waals surface area contributed by atoms with Crippen LogP contribution in [-0.4, -0.2) is 46.9 Å². The fourth-order valence-electron chi connectivity index (χ4n) is 4.43. The van der Waals surface area contributed by atoms with Gasteiger partial charge >= 0.3 is 6.03 Å². The standard InChI is InChI=1S/C22H31N5O/c1-18-20(6-4-7-21(18)25-12-2-3-13-25)24-22(28)26-15-8-19(9-16-26)10-17-27-14-5-11-23-27/h4-7,11,14,19H,2-3,8-10,12-13,15-17H2,1H3,(H,24,28). The van der Waals surface area contributed by atoms with Crippen LogP contribution in [0.25, 0.3) is 0 Å². The number of amides is 2. The minimum Gasteiger partial charge on any atom is -0.371 e. The molecule has 0 saturated carbocycles. The van der Waals surface area contributed by atoms with Crippen LogP contribution in [0.3, 0.4) is 0 Å². The molecule has 6 heteroatoms. The molecule has 0 bridgehead atoms. The molecule has 0 radical (unpaired) electrons. The number of carbonyl (C=O) groups is 1. The van der Waals surface area contributed by atoms with Crippen LogP contribution in [0.5, 0.6) is 0 Å². The smallest absolute Gasteiger partial charge is 0.321 e. The molecular formula is C22H31N5O. The summed E-state index contributed by atoms with van der Waals surface area (Å²) in [5.74, 6) is 0.675. The molecule has 2 saturated heterocycles. The normalized spacial score (nSPS) is 17.9. The number of likely N-dealkylation sites (tertiary alicyclic amines) is 1. The third-order valence-electron chi connectivity index (χ3n) is 6.22. The van der Waals surface area contributed by atoms with Gasteiger partial charge in [-0.1, -0.05) is 6.07 Å². The molecule has 1 aromatic heterocycles. The number of aromatic nitrogens is 2. The minimum absolute atomic E-state index is 0.0344. The maximum Gasteiger partial charge on any atom is 0.321 e. The van der Waals surface area contributed by atoms with Crippen molar-refractivity contribution in [2.24, 2.45) is 5.92 Å². The van der Waals surface area contributed by atoms with E-state index >= 15 is 0 Å². The Morgan fingerprint density at radius 1 is 1.14 bits per heavy atom. The summed E-state index contributed by atoms with van der Waals surface area (Å²) in [5, 5.41) is 7.43. The Balaban J connectivity index is 1.29. The van der Waals surface area contributed by atoms with Crippen molar-refractivity contribution in [1.82, 2.24) is 14.7 Å². The lowest BCUT2D eigenvalue weighted by Gasteiger charge is -2.32. The average molecular weight is 382 g/mol. The minimum atomic E-state index is 0.0344. The Labute approximate surface area is 167 Å². The van der Waals surface area contributed by atoms with Crippen molar-refractivity contribution < 1.29 is 4.79 Å². The number of carbonyl (C=O) groups excluding carboxylic acids is 1. The summed E-state index contributed by atoms with van der Waals surface area (Å²) in [5.41, 5.74) is 3.37. The van der Waals surface area contributed by atoms with E-state index in [1.54, 1.807) is 0 Å². The van der Waals surface area contributed by atoms with Crippen LogP contribution in [0.15, 0.2) is 36.7 Å². The number of nitrogens with zero attached hydrogens (tertiary/aromatic N) is 4. The number of hydrogen-bond donors (Lipinski definition) is 1. The Morgan fingerprint density at radius 2 is 1.93 bits per heavy atom. The van der Waals surface area contributed by atoms with E-state index in [0.717, 1.165) is 57.7 Å². The predicted molar refractivity (Wildman–Crippen MR) is 113 cm³/mol. The lowest BCUT2D eigenvalue weighted by Crippen LogP contribution is -2.41. The van der Waals surface area contributed by atoms with Gasteiger partial charge in [0.05, 0.1) is 0 Å². The number of rotatable bonds is 5. The molecule has 0 aliphatic carbocycles. The zero-order chi connectivity index (χ0) is 19.3. The van der Waals surface area contributed by atoms with Gasteiger partial charge in [-0.3, -0.25) is 4.68 Å². The highest BCUT2D eigenvalue weighted by molar-refractivity contribution is 5.91. The van der Waals surface area contributed by atoms with Gasteiger partial charge in [0.25, 0.3) is 0 Å². The number of aryl methyl sites for hydroxylation is 1. The van der Waals surface area contributed by atoms with Crippen molar-refractivity contribution in [3.63, 3.8) is 0 Å². The Morgan fingerprint density at radius 3 is 2.64 bits per heavy atom. The van der Waals surface area contributed by atoms with E-state index in [-0.39, 0.29) is 6.03 Å². The third kappa shape index (κ3) is 4.32. The van der Waals surface area contributed by atoms with E-state index in [1.165, 1.54) is 24.1 Å². The van der Waals surface area contributed by atoms with Gasteiger partial charge in [-0.05, 0) is 68.7 Å². The highest BCUT2D eigenvalue weighted by atomic mass is 16.2. The molecular weight excluding hydrogens is 350 g/mol. The zero-order valence-electron chi connectivity index (χ0n) is 16.8. The van der Waals surface area contributed by atoms with E-state index in [1.807, 2.05) is 34.1 Å². The monoisotopic (exact) mass is 381 g/mol. The van der Waals surface area contributed by atoms with Gasteiger partial charge in [0.15, 0.2) is 0 Å². The molecule has 2 aliphatic heterocycles. The van der Waals surface area contributed by atoms with Gasteiger partial charge in [-0.25, -0.2) is 4.79 Å². The molecule has 2 aliphatic rings. The summed E-state index contributed by atoms with van der Waals surface area (Å²) in [7, 11) is 0. The van der Waals surface area contributed by atoms with Crippen molar-refractivity contribution in [1.29, 1.82) is 0 Å². The molecule has 0 spiro atoms. The molecule has 4 rings (SSSR count). The van der Waals surface area contributed by atoms with Crippen LogP contribution in [0.2, 0.25) is 0 Å². The van der Waals surface area contributed by atoms with Crippen LogP contribution in [0, 0.1) is 12.8 Å². The third-order valence-corrected chi connectivity index (χ3v) is 6.22. The zero-order valence-corrected chi connectivity index (χ0v) is 16.8. The van der Waals surface area contributed by atoms with Crippen molar-refractivity contribution in [3.05, 3.63) is 42.2 Å². The van der Waals surface area contributed by atoms with Crippen LogP contribution in [0.1, 0.15) is 37.7 Å². The highest BCUT2D eigenvalue weighted by Crippen LogP contribution is 2.30. The Bertz CT molecular complexity index is 774. The number of anilines is 2. The van der Waals surface area contributed by atoms with Gasteiger partial charge in [0.1, 0.15) is 0 Å². The fourth-order valence-corrected chi connectivity index (χ4v) is 4.43. The van der Waals surface area contributed by atoms with E-state index in [2.05, 4.69) is 34.4 Å². The summed E-state index contributed by atoms with van der Waals surface area (Å²) in [6, 6.07) is 8.24. The first-order valence-electron chi connectivity index (χ1n) is 10.6. The van der Waals surface area contributed by atoms with Crippen molar-refractivity contribution >= 4 is 17.4 Å². The summed E-state index contributed by atoms with van der Waals surface area (Å²) in [4.78, 5) is 17.2. The number of nitrogens with one attached hydrogen (secondary N) is 1. The molecule has 0 unspecified atom stereocenters. The lowest BCUT2D eigenvalue weighted by molar-refractivity contribution is 0.177. The van der Waals surface area contributed by atoms with Crippen LogP contribution >= 0.6 is 0 Å². The lowest BCUT2D eigenvalue weighted by atomic mass is 9.94. The first kappa shape index (κ1) is 18.8. The number of piperidine rings is 1. The number of benzene rings is 1. The molecule has 2 aromatic rings. The topological polar surface area (TPSA) is 53.4 Å². The average Bonchev–Trinajstić information content (AvgIpc) is 3.42. The van der Waals surface area contributed by atoms with Crippen LogP contribution < -0.4 is 10.2 Å². The summed E-state index contributed by atoms with van der Waals surface area (Å²) in [6.07, 6.45) is 9.63. The van der Waals surface area contributed by atoms with Crippen molar-refractivity contribution in [2.45, 2.75) is 45.6 Å². The first-order valence-corrected chi connectivity index (χ1v) is 10.6. The maximum atomic E-state index is 12.8. The molecule has 1 aromatic carbocycles. The fraction of sp³-hybridized carbons (Fsp3) is 0.545. The maximum absolute atomic E-state index is 12.8. The molecule has 6 nitrogen and oxygen atoms in total. The van der Waals surface area contributed by atoms with Gasteiger partial charge in [-0.15, -0.1) is 0 Å². The summed E-state index contributed by atoms with van der Waals surface area (Å²) < 4.78 is 2.00. The Hall–Kier alpha value is -2.50. The number of urea groups is 1. The van der Waals surface area contributed by atoms with Gasteiger partial charge in [-0.2, -0.15) is 5.10 Å². The largest absolute Gasteiger partial charge is 0.371 e. The SMILES string of the molecule is Cc1c(NC(=O)N2CCC(CCn3cccn3)CC2)cccc1N1CCCC1. The highest BCUT2D eigenvalue weighted by Gasteiger charge is 2.23. The predicted octanol–water partition coefficient (Wildman–Crippen LogP) is 4.13. The molecule has 28 heavy (non-hydrogen) atoms. The second-order valence-corrected chi connectivity index (χ2v) is 8.06. The van der Waals surface area contributed by atoms with Gasteiger partial charge < -0.3 is 15.1 Å². The quantitative estimate of drug-likeness (QED) is 0.847. The molecule has 3 heterocycles. The Kier molecular flexibility index (Phi) is 5.84. The van der Waals surface area contributed by atoms with E-state index in [4.69, 9.17) is 0 Å². The second-order valence-electron chi connectivity index (χ2n) is 8.06. The molecule has 2 amide bonds.